The van der Waals surface area contributed by atoms with Crippen molar-refractivity contribution >= 4 is 28.4 Å². The number of aromatic amines is 1. The Morgan fingerprint density at radius 2 is 1.85 bits per heavy atom. The fourth-order valence-corrected chi connectivity index (χ4v) is 2.09. The molecule has 20 heavy (non-hydrogen) atoms. The Hall–Kier alpha value is -2.81. The number of carbonyl (C=O) groups is 1. The van der Waals surface area contributed by atoms with Crippen molar-refractivity contribution in [1.29, 1.82) is 0 Å². The van der Waals surface area contributed by atoms with Crippen LogP contribution in [0.5, 0.6) is 0 Å². The molecule has 0 fully saturated rings. The first-order valence-electron chi connectivity index (χ1n) is 6.37. The monoisotopic (exact) mass is 262 g/mol. The molecule has 3 heteroatoms. The van der Waals surface area contributed by atoms with Crippen molar-refractivity contribution in [3.8, 4) is 0 Å². The molecule has 98 valence electrons. The third-order valence-electron chi connectivity index (χ3n) is 3.20. The maximum absolute atomic E-state index is 12.0. The molecule has 0 aliphatic carbocycles. The molecular formula is C17H14N2O. The van der Waals surface area contributed by atoms with Gasteiger partial charge < -0.3 is 10.7 Å². The minimum atomic E-state index is -0.0286. The van der Waals surface area contributed by atoms with Gasteiger partial charge in [-0.25, -0.2) is 0 Å². The minimum Gasteiger partial charge on any atom is -0.399 e. The van der Waals surface area contributed by atoms with Gasteiger partial charge in [0.1, 0.15) is 0 Å². The van der Waals surface area contributed by atoms with Gasteiger partial charge in [0.15, 0.2) is 5.78 Å². The van der Waals surface area contributed by atoms with E-state index >= 15 is 0 Å². The smallest absolute Gasteiger partial charge is 0.185 e. The number of H-pyrrole nitrogens is 1. The lowest BCUT2D eigenvalue weighted by Gasteiger charge is -1.97. The van der Waals surface area contributed by atoms with Crippen molar-refractivity contribution in [1.82, 2.24) is 4.98 Å². The zero-order valence-electron chi connectivity index (χ0n) is 10.8. The number of nitrogens with one attached hydrogen (secondary N) is 1. The summed E-state index contributed by atoms with van der Waals surface area (Å²) in [5.41, 5.74) is 8.99. The van der Waals surface area contributed by atoms with Crippen LogP contribution in [-0.4, -0.2) is 10.8 Å². The number of rotatable bonds is 3. The molecule has 3 rings (SSSR count). The van der Waals surface area contributed by atoms with Crippen LogP contribution in [0.4, 0.5) is 5.69 Å². The van der Waals surface area contributed by atoms with Crippen molar-refractivity contribution < 1.29 is 4.79 Å². The number of allylic oxidation sites excluding steroid dienone is 1. The molecule has 0 radical (unpaired) electrons. The molecule has 0 amide bonds. The average molecular weight is 262 g/mol. The third-order valence-corrected chi connectivity index (χ3v) is 3.20. The second-order valence-electron chi connectivity index (χ2n) is 4.64. The summed E-state index contributed by atoms with van der Waals surface area (Å²) in [6, 6.07) is 15.0. The van der Waals surface area contributed by atoms with Crippen LogP contribution in [0.1, 0.15) is 15.9 Å². The van der Waals surface area contributed by atoms with Gasteiger partial charge in [0.2, 0.25) is 0 Å². The molecule has 0 spiro atoms. The van der Waals surface area contributed by atoms with Gasteiger partial charge in [-0.05, 0) is 59.5 Å². The van der Waals surface area contributed by atoms with Crippen LogP contribution in [0.2, 0.25) is 0 Å². The first-order valence-corrected chi connectivity index (χ1v) is 6.37. The van der Waals surface area contributed by atoms with Crippen LogP contribution >= 0.6 is 0 Å². The molecule has 0 bridgehead atoms. The van der Waals surface area contributed by atoms with Crippen molar-refractivity contribution in [2.24, 2.45) is 0 Å². The summed E-state index contributed by atoms with van der Waals surface area (Å²) in [7, 11) is 0. The number of ketones is 1. The Balaban J connectivity index is 1.82. The van der Waals surface area contributed by atoms with E-state index in [-0.39, 0.29) is 5.78 Å². The average Bonchev–Trinajstić information content (AvgIpc) is 2.93. The van der Waals surface area contributed by atoms with Crippen LogP contribution in [0.3, 0.4) is 0 Å². The molecule has 0 unspecified atom stereocenters. The third kappa shape index (κ3) is 2.47. The van der Waals surface area contributed by atoms with E-state index in [1.54, 1.807) is 30.3 Å². The number of fused-ring (bicyclic) bond motifs is 1. The number of anilines is 1. The summed E-state index contributed by atoms with van der Waals surface area (Å²) in [6.45, 7) is 0. The van der Waals surface area contributed by atoms with E-state index in [0.29, 0.717) is 11.3 Å². The normalized spacial score (nSPS) is 11.2. The predicted octanol–water partition coefficient (Wildman–Crippen LogP) is 3.65. The second kappa shape index (κ2) is 5.05. The molecule has 0 aliphatic rings. The number of benzene rings is 2. The SMILES string of the molecule is Nc1ccc(C(=O)/C=C/c2ccc3[nH]ccc3c2)cc1. The minimum absolute atomic E-state index is 0.0286. The molecule has 1 aromatic heterocycles. The van der Waals surface area contributed by atoms with Gasteiger partial charge in [0.05, 0.1) is 0 Å². The summed E-state index contributed by atoms with van der Waals surface area (Å²) in [4.78, 5) is 15.1. The standard InChI is InChI=1S/C17H14N2O/c18-15-5-3-13(4-6-15)17(20)8-2-12-1-7-16-14(11-12)9-10-19-16/h1-11,19H,18H2/b8-2+. The van der Waals surface area contributed by atoms with E-state index in [4.69, 9.17) is 5.73 Å². The molecule has 2 aromatic carbocycles. The van der Waals surface area contributed by atoms with Crippen LogP contribution in [0.25, 0.3) is 17.0 Å². The first-order chi connectivity index (χ1) is 9.72. The molecule has 0 aliphatic heterocycles. The van der Waals surface area contributed by atoms with E-state index < -0.39 is 0 Å². The summed E-state index contributed by atoms with van der Waals surface area (Å²) in [5, 5.41) is 1.13. The Bertz CT molecular complexity index is 782. The van der Waals surface area contributed by atoms with Crippen LogP contribution < -0.4 is 5.73 Å². The van der Waals surface area contributed by atoms with Gasteiger partial charge in [-0.15, -0.1) is 0 Å². The first kappa shape index (κ1) is 12.2. The Morgan fingerprint density at radius 1 is 1.05 bits per heavy atom. The molecule has 0 saturated heterocycles. The maximum Gasteiger partial charge on any atom is 0.185 e. The van der Waals surface area contributed by atoms with Gasteiger partial charge in [0.25, 0.3) is 0 Å². The molecule has 3 nitrogen and oxygen atoms in total. The van der Waals surface area contributed by atoms with Gasteiger partial charge in [-0.2, -0.15) is 0 Å². The molecular weight excluding hydrogens is 248 g/mol. The highest BCUT2D eigenvalue weighted by Crippen LogP contribution is 2.15. The highest BCUT2D eigenvalue weighted by molar-refractivity contribution is 6.07. The fraction of sp³-hybridized carbons (Fsp3) is 0. The lowest BCUT2D eigenvalue weighted by molar-refractivity contribution is 0.104. The zero-order chi connectivity index (χ0) is 13.9. The zero-order valence-corrected chi connectivity index (χ0v) is 10.8. The maximum atomic E-state index is 12.0. The van der Waals surface area contributed by atoms with E-state index in [1.807, 2.05) is 36.5 Å². The van der Waals surface area contributed by atoms with E-state index in [2.05, 4.69) is 4.98 Å². The summed E-state index contributed by atoms with van der Waals surface area (Å²) in [6.07, 6.45) is 5.31. The second-order valence-corrected chi connectivity index (χ2v) is 4.64. The van der Waals surface area contributed by atoms with Gasteiger partial charge in [-0.3, -0.25) is 4.79 Å². The van der Waals surface area contributed by atoms with Gasteiger partial charge in [0, 0.05) is 23.0 Å². The van der Waals surface area contributed by atoms with E-state index in [9.17, 15) is 4.79 Å². The number of carbonyl (C=O) groups excluding carboxylic acids is 1. The lowest BCUT2D eigenvalue weighted by Crippen LogP contribution is -1.94. The quantitative estimate of drug-likeness (QED) is 0.430. The summed E-state index contributed by atoms with van der Waals surface area (Å²) < 4.78 is 0. The van der Waals surface area contributed by atoms with Gasteiger partial charge >= 0.3 is 0 Å². The Labute approximate surface area is 116 Å². The van der Waals surface area contributed by atoms with E-state index in [0.717, 1.165) is 16.5 Å². The Morgan fingerprint density at radius 3 is 2.65 bits per heavy atom. The van der Waals surface area contributed by atoms with Crippen molar-refractivity contribution in [2.75, 3.05) is 5.73 Å². The van der Waals surface area contributed by atoms with Crippen molar-refractivity contribution in [2.45, 2.75) is 0 Å². The van der Waals surface area contributed by atoms with Crippen LogP contribution in [0.15, 0.2) is 60.8 Å². The lowest BCUT2D eigenvalue weighted by atomic mass is 10.1. The van der Waals surface area contributed by atoms with Gasteiger partial charge in [-0.1, -0.05) is 12.1 Å². The topological polar surface area (TPSA) is 58.9 Å². The van der Waals surface area contributed by atoms with Crippen molar-refractivity contribution in [3.05, 3.63) is 71.9 Å². The molecule has 3 N–H and O–H groups in total. The number of hydrogen-bond acceptors (Lipinski definition) is 2. The summed E-state index contributed by atoms with van der Waals surface area (Å²) >= 11 is 0. The fourth-order valence-electron chi connectivity index (χ4n) is 2.09. The molecule has 0 saturated carbocycles. The number of nitrogen functional groups attached to an aromatic ring is 1. The highest BCUT2D eigenvalue weighted by atomic mass is 16.1. The summed E-state index contributed by atoms with van der Waals surface area (Å²) in [5.74, 6) is -0.0286. The Kier molecular flexibility index (Phi) is 3.09. The number of aromatic nitrogens is 1. The molecule has 0 atom stereocenters. The number of nitrogens with two attached hydrogens (primary N) is 1. The highest BCUT2D eigenvalue weighted by Gasteiger charge is 2.01. The van der Waals surface area contributed by atoms with E-state index in [1.165, 1.54) is 0 Å². The predicted molar refractivity (Wildman–Crippen MR) is 82.5 cm³/mol. The molecule has 1 heterocycles. The molecule has 3 aromatic rings. The van der Waals surface area contributed by atoms with Crippen LogP contribution in [0, 0.1) is 0 Å². The van der Waals surface area contributed by atoms with Crippen LogP contribution in [-0.2, 0) is 0 Å². The van der Waals surface area contributed by atoms with Crippen molar-refractivity contribution in [3.63, 3.8) is 0 Å². The largest absolute Gasteiger partial charge is 0.399 e. The number of hydrogen-bond donors (Lipinski definition) is 2.